The van der Waals surface area contributed by atoms with Crippen molar-refractivity contribution in [3.05, 3.63) is 80.5 Å². The summed E-state index contributed by atoms with van der Waals surface area (Å²) in [5.74, 6) is -0.772. The van der Waals surface area contributed by atoms with E-state index >= 15 is 0 Å². The van der Waals surface area contributed by atoms with Crippen molar-refractivity contribution in [1.82, 2.24) is 15.2 Å². The van der Waals surface area contributed by atoms with E-state index in [0.717, 1.165) is 55.5 Å². The van der Waals surface area contributed by atoms with Crippen molar-refractivity contribution in [2.75, 3.05) is 6.54 Å². The normalized spacial score (nSPS) is 19.4. The molecule has 2 saturated carbocycles. The highest BCUT2D eigenvalue weighted by atomic mass is 35.5. The predicted molar refractivity (Wildman–Crippen MR) is 148 cm³/mol. The molecule has 0 aliphatic heterocycles. The number of hydrogen-bond donors (Lipinski definition) is 2. The van der Waals surface area contributed by atoms with Gasteiger partial charge in [-0.1, -0.05) is 23.2 Å². The minimum Gasteiger partial charge on any atom is -0.451 e. The van der Waals surface area contributed by atoms with Crippen LogP contribution in [0.15, 0.2) is 51.8 Å². The Labute approximate surface area is 229 Å². The Balaban J connectivity index is 1.07. The minimum absolute atomic E-state index is 0.0199. The molecule has 6 rings (SSSR count). The number of nitrogens with zero attached hydrogens (tertiary/aromatic N) is 1. The standard InChI is InChI=1S/C30H29ClFN3O4/c1-16-2-9-26-18(10-16)11-27(39-26)30(38)33-14-17-3-5-19(6-4-17)34-29(37)22-15-35(20-7-8-20)25-13-23(31)24(32)12-21(25)28(22)36/h2,9-13,15,17,19-20H,3-8,14H2,1H3,(H,33,38)(H,34,37). The highest BCUT2D eigenvalue weighted by Gasteiger charge is 2.29. The summed E-state index contributed by atoms with van der Waals surface area (Å²) in [6.45, 7) is 2.52. The van der Waals surface area contributed by atoms with Gasteiger partial charge in [-0.2, -0.15) is 0 Å². The molecular weight excluding hydrogens is 521 g/mol. The molecule has 2 aliphatic carbocycles. The number of amides is 2. The topological polar surface area (TPSA) is 93.3 Å². The van der Waals surface area contributed by atoms with E-state index in [-0.39, 0.29) is 39.9 Å². The molecule has 7 nitrogen and oxygen atoms in total. The average Bonchev–Trinajstić information content (AvgIpc) is 3.67. The summed E-state index contributed by atoms with van der Waals surface area (Å²) in [7, 11) is 0. The first kappa shape index (κ1) is 25.6. The van der Waals surface area contributed by atoms with Crippen LogP contribution in [0.5, 0.6) is 0 Å². The maximum absolute atomic E-state index is 14.2. The van der Waals surface area contributed by atoms with Gasteiger partial charge in [-0.25, -0.2) is 4.39 Å². The van der Waals surface area contributed by atoms with E-state index in [1.807, 2.05) is 29.7 Å². The van der Waals surface area contributed by atoms with Gasteiger partial charge in [0, 0.05) is 35.6 Å². The van der Waals surface area contributed by atoms with E-state index in [4.69, 9.17) is 16.0 Å². The van der Waals surface area contributed by atoms with Crippen LogP contribution in [0.25, 0.3) is 21.9 Å². The number of halogens is 2. The number of fused-ring (bicyclic) bond motifs is 2. The Hall–Kier alpha value is -3.65. The molecule has 9 heteroatoms. The quantitative estimate of drug-likeness (QED) is 0.313. The van der Waals surface area contributed by atoms with Crippen molar-refractivity contribution in [3.8, 4) is 0 Å². The first-order valence-corrected chi connectivity index (χ1v) is 13.8. The number of carbonyl (C=O) groups excluding carboxylic acids is 2. The summed E-state index contributed by atoms with van der Waals surface area (Å²) in [6.07, 6.45) is 6.61. The van der Waals surface area contributed by atoms with Crippen LogP contribution in [0.3, 0.4) is 0 Å². The van der Waals surface area contributed by atoms with E-state index in [0.29, 0.717) is 23.4 Å². The van der Waals surface area contributed by atoms with Gasteiger partial charge in [0.2, 0.25) is 5.43 Å². The Bertz CT molecular complexity index is 1660. The van der Waals surface area contributed by atoms with Crippen molar-refractivity contribution >= 4 is 45.3 Å². The smallest absolute Gasteiger partial charge is 0.287 e. The number of carbonyl (C=O) groups is 2. The second-order valence-electron chi connectivity index (χ2n) is 10.8. The lowest BCUT2D eigenvalue weighted by Crippen LogP contribution is -2.41. The van der Waals surface area contributed by atoms with Crippen molar-refractivity contribution in [1.29, 1.82) is 0 Å². The van der Waals surface area contributed by atoms with Crippen molar-refractivity contribution < 1.29 is 18.4 Å². The van der Waals surface area contributed by atoms with Crippen LogP contribution >= 0.6 is 11.6 Å². The molecule has 0 atom stereocenters. The third-order valence-corrected chi connectivity index (χ3v) is 8.18. The molecule has 202 valence electrons. The maximum Gasteiger partial charge on any atom is 0.287 e. The van der Waals surface area contributed by atoms with Crippen LogP contribution in [-0.2, 0) is 0 Å². The first-order chi connectivity index (χ1) is 18.8. The molecule has 2 N–H and O–H groups in total. The summed E-state index contributed by atoms with van der Waals surface area (Å²) in [4.78, 5) is 38.9. The molecule has 2 amide bonds. The number of benzene rings is 2. The number of rotatable bonds is 6. The lowest BCUT2D eigenvalue weighted by atomic mass is 9.86. The lowest BCUT2D eigenvalue weighted by molar-refractivity contribution is 0.0910. The number of aromatic nitrogens is 1. The summed E-state index contributed by atoms with van der Waals surface area (Å²) in [5, 5.41) is 7.01. The van der Waals surface area contributed by atoms with Gasteiger partial charge in [-0.3, -0.25) is 14.4 Å². The third-order valence-electron chi connectivity index (χ3n) is 7.89. The Morgan fingerprint density at radius 1 is 1.05 bits per heavy atom. The van der Waals surface area contributed by atoms with Crippen LogP contribution in [0.1, 0.15) is 71.0 Å². The largest absolute Gasteiger partial charge is 0.451 e. The Morgan fingerprint density at radius 3 is 2.56 bits per heavy atom. The molecular formula is C30H29ClFN3O4. The van der Waals surface area contributed by atoms with Crippen molar-refractivity contribution in [3.63, 3.8) is 0 Å². The van der Waals surface area contributed by atoms with E-state index in [2.05, 4.69) is 10.6 Å². The third kappa shape index (κ3) is 5.17. The van der Waals surface area contributed by atoms with Crippen LogP contribution in [0, 0.1) is 18.7 Å². The second-order valence-corrected chi connectivity index (χ2v) is 11.3. The number of hydrogen-bond acceptors (Lipinski definition) is 4. The molecule has 4 aromatic rings. The molecule has 2 aromatic heterocycles. The monoisotopic (exact) mass is 549 g/mol. The summed E-state index contributed by atoms with van der Waals surface area (Å²) < 4.78 is 21.7. The Kier molecular flexibility index (Phi) is 6.67. The fourth-order valence-corrected chi connectivity index (χ4v) is 5.69. The molecule has 0 bridgehead atoms. The van der Waals surface area contributed by atoms with Crippen LogP contribution in [0.4, 0.5) is 4.39 Å². The molecule has 0 unspecified atom stereocenters. The van der Waals surface area contributed by atoms with Gasteiger partial charge in [-0.05, 0) is 81.7 Å². The summed E-state index contributed by atoms with van der Waals surface area (Å²) in [6, 6.07) is 10.2. The molecule has 2 fully saturated rings. The fraction of sp³-hybridized carbons (Fsp3) is 0.367. The van der Waals surface area contributed by atoms with Crippen LogP contribution < -0.4 is 16.1 Å². The number of pyridine rings is 1. The molecule has 2 aromatic carbocycles. The van der Waals surface area contributed by atoms with Crippen molar-refractivity contribution in [2.24, 2.45) is 5.92 Å². The lowest BCUT2D eigenvalue weighted by Gasteiger charge is -2.29. The van der Waals surface area contributed by atoms with E-state index in [9.17, 15) is 18.8 Å². The molecule has 2 aliphatic rings. The number of nitrogens with one attached hydrogen (secondary N) is 2. The fourth-order valence-electron chi connectivity index (χ4n) is 5.53. The van der Waals surface area contributed by atoms with E-state index in [1.54, 1.807) is 12.3 Å². The zero-order valence-corrected chi connectivity index (χ0v) is 22.3. The van der Waals surface area contributed by atoms with Gasteiger partial charge in [-0.15, -0.1) is 0 Å². The molecule has 2 heterocycles. The molecule has 0 radical (unpaired) electrons. The SMILES string of the molecule is Cc1ccc2oc(C(=O)NCC3CCC(NC(=O)c4cn(C5CC5)c5cc(Cl)c(F)cc5c4=O)CC3)cc2c1. The highest BCUT2D eigenvalue weighted by molar-refractivity contribution is 6.31. The minimum atomic E-state index is -0.679. The van der Waals surface area contributed by atoms with Crippen LogP contribution in [0.2, 0.25) is 5.02 Å². The number of aryl methyl sites for hydroxylation is 1. The summed E-state index contributed by atoms with van der Waals surface area (Å²) in [5.41, 5.74) is 1.86. The van der Waals surface area contributed by atoms with Crippen LogP contribution in [-0.4, -0.2) is 29.0 Å². The van der Waals surface area contributed by atoms with Gasteiger partial charge in [0.25, 0.3) is 11.8 Å². The van der Waals surface area contributed by atoms with E-state index < -0.39 is 17.2 Å². The van der Waals surface area contributed by atoms with Gasteiger partial charge < -0.3 is 19.6 Å². The maximum atomic E-state index is 14.2. The summed E-state index contributed by atoms with van der Waals surface area (Å²) >= 11 is 5.98. The molecule has 0 spiro atoms. The van der Waals surface area contributed by atoms with Crippen molar-refractivity contribution in [2.45, 2.75) is 57.5 Å². The average molecular weight is 550 g/mol. The van der Waals surface area contributed by atoms with Gasteiger partial charge >= 0.3 is 0 Å². The second kappa shape index (κ2) is 10.2. The Morgan fingerprint density at radius 2 is 1.82 bits per heavy atom. The van der Waals surface area contributed by atoms with Gasteiger partial charge in [0.05, 0.1) is 10.5 Å². The highest BCUT2D eigenvalue weighted by Crippen LogP contribution is 2.37. The molecule has 0 saturated heterocycles. The van der Waals surface area contributed by atoms with Gasteiger partial charge in [0.1, 0.15) is 17.0 Å². The zero-order chi connectivity index (χ0) is 27.3. The number of furan rings is 1. The zero-order valence-electron chi connectivity index (χ0n) is 21.6. The first-order valence-electron chi connectivity index (χ1n) is 13.4. The predicted octanol–water partition coefficient (Wildman–Crippen LogP) is 5.90. The van der Waals surface area contributed by atoms with E-state index in [1.165, 1.54) is 6.07 Å². The van der Waals surface area contributed by atoms with Gasteiger partial charge in [0.15, 0.2) is 5.76 Å². The molecule has 39 heavy (non-hydrogen) atoms.